The van der Waals surface area contributed by atoms with Gasteiger partial charge in [-0.1, -0.05) is 34.1 Å². The van der Waals surface area contributed by atoms with Gasteiger partial charge in [-0.15, -0.1) is 0 Å². The molecular weight excluding hydrogens is 320 g/mol. The third-order valence-electron chi connectivity index (χ3n) is 2.80. The molecule has 0 unspecified atom stereocenters. The number of carbonyl (C=O) groups excluding carboxylic acids is 1. The van der Waals surface area contributed by atoms with Gasteiger partial charge in [0.15, 0.2) is 6.61 Å². The van der Waals surface area contributed by atoms with Gasteiger partial charge < -0.3 is 9.47 Å². The van der Waals surface area contributed by atoms with Gasteiger partial charge in [-0.05, 0) is 49.2 Å². The number of esters is 1. The van der Waals surface area contributed by atoms with Gasteiger partial charge in [-0.25, -0.2) is 4.79 Å². The molecule has 0 heterocycles. The molecule has 0 aliphatic rings. The third-order valence-corrected chi connectivity index (χ3v) is 3.69. The Morgan fingerprint density at radius 1 is 1.10 bits per heavy atom. The minimum atomic E-state index is -0.421. The van der Waals surface area contributed by atoms with Crippen LogP contribution in [0.2, 0.25) is 0 Å². The van der Waals surface area contributed by atoms with Gasteiger partial charge in [0.2, 0.25) is 0 Å². The topological polar surface area (TPSA) is 35.5 Å². The molecule has 2 rings (SSSR count). The van der Waals surface area contributed by atoms with Crippen LogP contribution in [0.25, 0.3) is 0 Å². The maximum Gasteiger partial charge on any atom is 0.349 e. The first kappa shape index (κ1) is 14.6. The Morgan fingerprint density at radius 2 is 1.85 bits per heavy atom. The summed E-state index contributed by atoms with van der Waals surface area (Å²) >= 11 is 3.40. The maximum atomic E-state index is 11.7. The van der Waals surface area contributed by atoms with Crippen molar-refractivity contribution in [2.45, 2.75) is 13.8 Å². The monoisotopic (exact) mass is 334 g/mol. The summed E-state index contributed by atoms with van der Waals surface area (Å²) in [6.45, 7) is 3.75. The summed E-state index contributed by atoms with van der Waals surface area (Å²) in [4.78, 5) is 11.7. The number of ether oxygens (including phenoxy) is 2. The maximum absolute atomic E-state index is 11.7. The second-order valence-corrected chi connectivity index (χ2v) is 5.29. The number of halogens is 1. The first-order valence-corrected chi connectivity index (χ1v) is 7.01. The molecule has 4 heteroatoms. The Balaban J connectivity index is 1.93. The van der Waals surface area contributed by atoms with Crippen LogP contribution in [0.3, 0.4) is 0 Å². The van der Waals surface area contributed by atoms with Gasteiger partial charge in [0.25, 0.3) is 0 Å². The van der Waals surface area contributed by atoms with Crippen molar-refractivity contribution < 1.29 is 14.3 Å². The number of hydrogen-bond donors (Lipinski definition) is 0. The van der Waals surface area contributed by atoms with E-state index in [0.717, 1.165) is 15.6 Å². The van der Waals surface area contributed by atoms with E-state index >= 15 is 0 Å². The number of rotatable bonds is 4. The average Bonchev–Trinajstić information content (AvgIpc) is 2.42. The molecule has 2 aromatic carbocycles. The summed E-state index contributed by atoms with van der Waals surface area (Å²) in [6.07, 6.45) is 0. The van der Waals surface area contributed by atoms with Crippen LogP contribution in [0.1, 0.15) is 11.1 Å². The first-order chi connectivity index (χ1) is 9.56. The lowest BCUT2D eigenvalue weighted by Gasteiger charge is -2.09. The van der Waals surface area contributed by atoms with E-state index in [1.165, 1.54) is 0 Å². The van der Waals surface area contributed by atoms with Crippen molar-refractivity contribution >= 4 is 21.9 Å². The summed E-state index contributed by atoms with van der Waals surface area (Å²) in [5.74, 6) is 0.787. The van der Waals surface area contributed by atoms with Gasteiger partial charge >= 0.3 is 5.97 Å². The van der Waals surface area contributed by atoms with Gasteiger partial charge in [0.05, 0.1) is 0 Å². The second kappa shape index (κ2) is 6.57. The van der Waals surface area contributed by atoms with Crippen LogP contribution in [0.5, 0.6) is 11.5 Å². The van der Waals surface area contributed by atoms with Gasteiger partial charge in [0.1, 0.15) is 11.5 Å². The fraction of sp³-hybridized carbons (Fsp3) is 0.188. The lowest BCUT2D eigenvalue weighted by molar-refractivity contribution is -0.136. The zero-order valence-electron chi connectivity index (χ0n) is 11.4. The molecule has 0 amide bonds. The Hall–Kier alpha value is -1.81. The average molecular weight is 335 g/mol. The van der Waals surface area contributed by atoms with Gasteiger partial charge in [0, 0.05) is 4.47 Å². The van der Waals surface area contributed by atoms with Crippen molar-refractivity contribution in [3.05, 3.63) is 58.1 Å². The van der Waals surface area contributed by atoms with Crippen molar-refractivity contribution in [1.29, 1.82) is 0 Å². The molecule has 0 spiro atoms. The van der Waals surface area contributed by atoms with E-state index in [9.17, 15) is 4.79 Å². The molecule has 0 radical (unpaired) electrons. The van der Waals surface area contributed by atoms with Crippen LogP contribution >= 0.6 is 15.9 Å². The van der Waals surface area contributed by atoms with Crippen LogP contribution in [-0.4, -0.2) is 12.6 Å². The molecule has 0 atom stereocenters. The fourth-order valence-corrected chi connectivity index (χ4v) is 1.94. The molecule has 0 bridgehead atoms. The molecule has 0 fully saturated rings. The molecule has 0 aliphatic carbocycles. The minimum absolute atomic E-state index is 0.111. The highest BCUT2D eigenvalue weighted by Crippen LogP contribution is 2.22. The molecule has 0 N–H and O–H groups in total. The van der Waals surface area contributed by atoms with Crippen LogP contribution in [0, 0.1) is 13.8 Å². The summed E-state index contributed by atoms with van der Waals surface area (Å²) in [7, 11) is 0. The Kier molecular flexibility index (Phi) is 4.79. The van der Waals surface area contributed by atoms with E-state index in [4.69, 9.17) is 9.47 Å². The smallest absolute Gasteiger partial charge is 0.349 e. The number of para-hydroxylation sites is 1. The molecule has 0 saturated heterocycles. The Bertz CT molecular complexity index is 623. The molecule has 3 nitrogen and oxygen atoms in total. The van der Waals surface area contributed by atoms with Crippen LogP contribution in [0.4, 0.5) is 0 Å². The quantitative estimate of drug-likeness (QED) is 0.625. The molecule has 2 aromatic rings. The standard InChI is InChI=1S/C16H15BrO3/c1-11-5-3-4-6-15(11)19-10-16(18)20-13-7-8-14(17)12(2)9-13/h3-9H,10H2,1-2H3. The number of carbonyl (C=O) groups is 1. The summed E-state index contributed by atoms with van der Waals surface area (Å²) in [5, 5.41) is 0. The van der Waals surface area contributed by atoms with E-state index in [2.05, 4.69) is 15.9 Å². The van der Waals surface area contributed by atoms with Crippen molar-refractivity contribution in [1.82, 2.24) is 0 Å². The van der Waals surface area contributed by atoms with Crippen molar-refractivity contribution in [3.8, 4) is 11.5 Å². The summed E-state index contributed by atoms with van der Waals surface area (Å²) in [5.41, 5.74) is 2.00. The minimum Gasteiger partial charge on any atom is -0.482 e. The van der Waals surface area contributed by atoms with E-state index in [1.807, 2.05) is 44.2 Å². The van der Waals surface area contributed by atoms with E-state index in [-0.39, 0.29) is 6.61 Å². The van der Waals surface area contributed by atoms with E-state index in [0.29, 0.717) is 11.5 Å². The second-order valence-electron chi connectivity index (χ2n) is 4.44. The van der Waals surface area contributed by atoms with Crippen molar-refractivity contribution in [2.75, 3.05) is 6.61 Å². The predicted molar refractivity (Wildman–Crippen MR) is 81.2 cm³/mol. The molecule has 104 valence electrons. The third kappa shape index (κ3) is 3.84. The van der Waals surface area contributed by atoms with Crippen molar-refractivity contribution in [3.63, 3.8) is 0 Å². The molecule has 20 heavy (non-hydrogen) atoms. The Labute approximate surface area is 126 Å². The van der Waals surface area contributed by atoms with E-state index in [1.54, 1.807) is 12.1 Å². The normalized spacial score (nSPS) is 10.2. The summed E-state index contributed by atoms with van der Waals surface area (Å²) < 4.78 is 11.6. The molecule has 0 aliphatic heterocycles. The number of benzene rings is 2. The highest BCUT2D eigenvalue weighted by Gasteiger charge is 2.08. The molecule has 0 saturated carbocycles. The zero-order valence-corrected chi connectivity index (χ0v) is 12.9. The van der Waals surface area contributed by atoms with E-state index < -0.39 is 5.97 Å². The predicted octanol–water partition coefficient (Wildman–Crippen LogP) is 4.05. The molecular formula is C16H15BrO3. The van der Waals surface area contributed by atoms with Gasteiger partial charge in [-0.2, -0.15) is 0 Å². The summed E-state index contributed by atoms with van der Waals surface area (Å²) in [6, 6.07) is 12.9. The van der Waals surface area contributed by atoms with Crippen molar-refractivity contribution in [2.24, 2.45) is 0 Å². The largest absolute Gasteiger partial charge is 0.482 e. The lowest BCUT2D eigenvalue weighted by Crippen LogP contribution is -2.18. The molecule has 0 aromatic heterocycles. The highest BCUT2D eigenvalue weighted by molar-refractivity contribution is 9.10. The highest BCUT2D eigenvalue weighted by atomic mass is 79.9. The van der Waals surface area contributed by atoms with Crippen LogP contribution in [0.15, 0.2) is 46.9 Å². The SMILES string of the molecule is Cc1cc(OC(=O)COc2ccccc2C)ccc1Br. The lowest BCUT2D eigenvalue weighted by atomic mass is 10.2. The number of aryl methyl sites for hydroxylation is 2. The van der Waals surface area contributed by atoms with Gasteiger partial charge in [-0.3, -0.25) is 0 Å². The number of hydrogen-bond acceptors (Lipinski definition) is 3. The fourth-order valence-electron chi connectivity index (χ4n) is 1.70. The zero-order chi connectivity index (χ0) is 14.5. The Morgan fingerprint density at radius 3 is 2.55 bits per heavy atom. The van der Waals surface area contributed by atoms with Crippen LogP contribution < -0.4 is 9.47 Å². The van der Waals surface area contributed by atoms with Crippen LogP contribution in [-0.2, 0) is 4.79 Å². The first-order valence-electron chi connectivity index (χ1n) is 6.21.